The highest BCUT2D eigenvalue weighted by atomic mass is 16.3. The maximum atomic E-state index is 11.6. The number of carbonyl (C=O) groups excluding carboxylic acids is 2. The average molecular weight is 265 g/mol. The third-order valence-electron chi connectivity index (χ3n) is 2.98. The van der Waals surface area contributed by atoms with Crippen LogP contribution in [0.5, 0.6) is 0 Å². The number of hydrogen-bond acceptors (Lipinski definition) is 4. The number of carbonyl (C=O) groups is 3. The molecule has 2 heterocycles. The third kappa shape index (κ3) is 3.27. The number of carboxylic acid groups (broad SMARTS) is 1. The van der Waals surface area contributed by atoms with Crippen LogP contribution in [-0.2, 0) is 14.4 Å². The Kier molecular flexibility index (Phi) is 4.99. The zero-order valence-corrected chi connectivity index (χ0v) is 10.4. The van der Waals surface area contributed by atoms with Gasteiger partial charge >= 0.3 is 0 Å². The molecule has 2 rings (SSSR count). The molecular formula is C12H15N3O4. The van der Waals surface area contributed by atoms with Crippen LogP contribution in [0, 0.1) is 5.92 Å². The van der Waals surface area contributed by atoms with Gasteiger partial charge in [-0.05, 0) is 11.6 Å². The van der Waals surface area contributed by atoms with Crippen LogP contribution in [0.25, 0.3) is 0 Å². The zero-order chi connectivity index (χ0) is 14.4. The minimum absolute atomic E-state index is 0.0577. The summed E-state index contributed by atoms with van der Waals surface area (Å²) in [6, 6.07) is 3.35. The lowest BCUT2D eigenvalue weighted by Gasteiger charge is -2.23. The summed E-state index contributed by atoms with van der Waals surface area (Å²) < 4.78 is 0. The highest BCUT2D eigenvalue weighted by Crippen LogP contribution is 2.36. The van der Waals surface area contributed by atoms with Gasteiger partial charge in [-0.25, -0.2) is 0 Å². The number of rotatable bonds is 2. The van der Waals surface area contributed by atoms with Crippen LogP contribution in [0.3, 0.4) is 0 Å². The van der Waals surface area contributed by atoms with Crippen LogP contribution in [0.15, 0.2) is 24.5 Å². The second-order valence-electron chi connectivity index (χ2n) is 4.05. The third-order valence-corrected chi connectivity index (χ3v) is 2.98. The Bertz CT molecular complexity index is 463. The fraction of sp³-hybridized carbons (Fsp3) is 0.333. The predicted octanol–water partition coefficient (Wildman–Crippen LogP) is -0.213. The van der Waals surface area contributed by atoms with E-state index in [1.165, 1.54) is 0 Å². The van der Waals surface area contributed by atoms with Gasteiger partial charge in [0.15, 0.2) is 0 Å². The molecule has 0 aliphatic carbocycles. The Morgan fingerprint density at radius 1 is 1.63 bits per heavy atom. The van der Waals surface area contributed by atoms with Crippen LogP contribution in [0.1, 0.15) is 18.0 Å². The van der Waals surface area contributed by atoms with E-state index in [9.17, 15) is 9.59 Å². The summed E-state index contributed by atoms with van der Waals surface area (Å²) in [6.07, 6.45) is 3.50. The summed E-state index contributed by atoms with van der Waals surface area (Å²) in [4.78, 5) is 36.8. The van der Waals surface area contributed by atoms with E-state index >= 15 is 0 Å². The van der Waals surface area contributed by atoms with Crippen molar-refractivity contribution in [1.82, 2.24) is 9.88 Å². The molecule has 2 atom stereocenters. The highest BCUT2D eigenvalue weighted by Gasteiger charge is 2.41. The molecule has 1 fully saturated rings. The molecular weight excluding hydrogens is 250 g/mol. The molecule has 1 aromatic rings. The lowest BCUT2D eigenvalue weighted by atomic mass is 9.94. The van der Waals surface area contributed by atoms with Crippen LogP contribution in [-0.4, -0.2) is 40.3 Å². The quantitative estimate of drug-likeness (QED) is 0.718. The summed E-state index contributed by atoms with van der Waals surface area (Å²) >= 11 is 0. The fourth-order valence-corrected chi connectivity index (χ4v) is 2.13. The van der Waals surface area contributed by atoms with E-state index in [-0.39, 0.29) is 24.8 Å². The minimum Gasteiger partial charge on any atom is -0.483 e. The first kappa shape index (κ1) is 14.6. The van der Waals surface area contributed by atoms with E-state index in [2.05, 4.69) is 4.98 Å². The topological polar surface area (TPSA) is 114 Å². The number of aromatic nitrogens is 1. The summed E-state index contributed by atoms with van der Waals surface area (Å²) in [6.45, 7) is -0.250. The molecule has 2 amide bonds. The summed E-state index contributed by atoms with van der Waals surface area (Å²) in [7, 11) is 1.68. The van der Waals surface area contributed by atoms with Gasteiger partial charge in [0.2, 0.25) is 11.8 Å². The van der Waals surface area contributed by atoms with Crippen molar-refractivity contribution in [1.29, 1.82) is 0 Å². The van der Waals surface area contributed by atoms with Crippen molar-refractivity contribution in [3.05, 3.63) is 30.1 Å². The average Bonchev–Trinajstić information content (AvgIpc) is 2.68. The Morgan fingerprint density at radius 3 is 2.74 bits per heavy atom. The Morgan fingerprint density at radius 2 is 2.26 bits per heavy atom. The summed E-state index contributed by atoms with van der Waals surface area (Å²) in [5.74, 6) is -0.953. The minimum atomic E-state index is -0.457. The Labute approximate surface area is 110 Å². The van der Waals surface area contributed by atoms with Gasteiger partial charge in [0.05, 0.1) is 12.0 Å². The van der Waals surface area contributed by atoms with Crippen LogP contribution >= 0.6 is 0 Å². The van der Waals surface area contributed by atoms with Crippen molar-refractivity contribution in [3.63, 3.8) is 0 Å². The maximum absolute atomic E-state index is 11.6. The molecule has 0 radical (unpaired) electrons. The SMILES string of the molecule is CN1C(=O)CC(C(N)=O)C1c1cccnc1.O=CO. The van der Waals surface area contributed by atoms with Crippen molar-refractivity contribution >= 4 is 18.3 Å². The molecule has 0 saturated carbocycles. The number of hydrogen-bond donors (Lipinski definition) is 2. The normalized spacial score (nSPS) is 21.5. The van der Waals surface area contributed by atoms with Gasteiger partial charge in [0.25, 0.3) is 6.47 Å². The van der Waals surface area contributed by atoms with Crippen molar-refractivity contribution in [3.8, 4) is 0 Å². The molecule has 1 aliphatic heterocycles. The molecule has 2 unspecified atom stereocenters. The molecule has 1 aromatic heterocycles. The van der Waals surface area contributed by atoms with Gasteiger partial charge in [0, 0.05) is 25.9 Å². The number of primary amides is 1. The lowest BCUT2D eigenvalue weighted by Crippen LogP contribution is -2.30. The standard InChI is InChI=1S/C11H13N3O2.CH2O2/c1-14-9(15)5-8(11(12)16)10(14)7-3-2-4-13-6-7;2-1-3/h2-4,6,8,10H,5H2,1H3,(H2,12,16);1H,(H,2,3). The highest BCUT2D eigenvalue weighted by molar-refractivity contribution is 5.89. The van der Waals surface area contributed by atoms with Gasteiger partial charge in [0.1, 0.15) is 0 Å². The fourth-order valence-electron chi connectivity index (χ4n) is 2.13. The van der Waals surface area contributed by atoms with Crippen molar-refractivity contribution in [2.75, 3.05) is 7.05 Å². The van der Waals surface area contributed by atoms with Crippen molar-refractivity contribution in [2.24, 2.45) is 11.7 Å². The second-order valence-corrected chi connectivity index (χ2v) is 4.05. The lowest BCUT2D eigenvalue weighted by molar-refractivity contribution is -0.128. The second kappa shape index (κ2) is 6.48. The molecule has 19 heavy (non-hydrogen) atoms. The first-order valence-corrected chi connectivity index (χ1v) is 5.55. The molecule has 7 heteroatoms. The molecule has 0 bridgehead atoms. The summed E-state index contributed by atoms with van der Waals surface area (Å²) in [5, 5.41) is 6.89. The Balaban J connectivity index is 0.000000550. The van der Waals surface area contributed by atoms with Crippen molar-refractivity contribution < 1.29 is 19.5 Å². The molecule has 102 valence electrons. The number of likely N-dealkylation sites (tertiary alicyclic amines) is 1. The number of pyridine rings is 1. The van der Waals surface area contributed by atoms with E-state index in [1.54, 1.807) is 30.4 Å². The first-order valence-electron chi connectivity index (χ1n) is 5.55. The van der Waals surface area contributed by atoms with E-state index < -0.39 is 11.8 Å². The Hall–Kier alpha value is -2.44. The van der Waals surface area contributed by atoms with Gasteiger partial charge in [-0.2, -0.15) is 0 Å². The molecule has 7 nitrogen and oxygen atoms in total. The number of nitrogens with zero attached hydrogens (tertiary/aromatic N) is 2. The van der Waals surface area contributed by atoms with Gasteiger partial charge < -0.3 is 15.7 Å². The van der Waals surface area contributed by atoms with E-state index in [0.717, 1.165) is 5.56 Å². The summed E-state index contributed by atoms with van der Waals surface area (Å²) in [5.41, 5.74) is 6.16. The van der Waals surface area contributed by atoms with Crippen molar-refractivity contribution in [2.45, 2.75) is 12.5 Å². The zero-order valence-electron chi connectivity index (χ0n) is 10.4. The molecule has 1 aliphatic rings. The smallest absolute Gasteiger partial charge is 0.290 e. The monoisotopic (exact) mass is 265 g/mol. The van der Waals surface area contributed by atoms with Crippen LogP contribution in [0.4, 0.5) is 0 Å². The predicted molar refractivity (Wildman–Crippen MR) is 65.7 cm³/mol. The van der Waals surface area contributed by atoms with Gasteiger partial charge in [-0.15, -0.1) is 0 Å². The largest absolute Gasteiger partial charge is 0.483 e. The van der Waals surface area contributed by atoms with Gasteiger partial charge in [-0.1, -0.05) is 6.07 Å². The first-order chi connectivity index (χ1) is 9.02. The van der Waals surface area contributed by atoms with E-state index in [0.29, 0.717) is 0 Å². The maximum Gasteiger partial charge on any atom is 0.290 e. The molecule has 1 saturated heterocycles. The van der Waals surface area contributed by atoms with Crippen LogP contribution in [0.2, 0.25) is 0 Å². The number of nitrogens with two attached hydrogens (primary N) is 1. The molecule has 3 N–H and O–H groups in total. The molecule has 0 spiro atoms. The van der Waals surface area contributed by atoms with E-state index in [1.807, 2.05) is 6.07 Å². The molecule has 0 aromatic carbocycles. The number of amides is 2. The van der Waals surface area contributed by atoms with E-state index in [4.69, 9.17) is 15.6 Å². The van der Waals surface area contributed by atoms with Crippen LogP contribution < -0.4 is 5.73 Å². The van der Waals surface area contributed by atoms with Gasteiger partial charge in [-0.3, -0.25) is 19.4 Å².